The first-order valence-corrected chi connectivity index (χ1v) is 7.15. The molecule has 0 aromatic heterocycles. The number of nitrogens with one attached hydrogen (secondary N) is 1. The molecule has 1 N–H and O–H groups in total. The van der Waals surface area contributed by atoms with Gasteiger partial charge in [0.25, 0.3) is 0 Å². The van der Waals surface area contributed by atoms with E-state index in [1.54, 1.807) is 0 Å². The van der Waals surface area contributed by atoms with Crippen molar-refractivity contribution in [3.8, 4) is 5.75 Å². The first-order valence-electron chi connectivity index (χ1n) is 6.77. The maximum atomic E-state index is 6.26. The van der Waals surface area contributed by atoms with Gasteiger partial charge >= 0.3 is 0 Å². The van der Waals surface area contributed by atoms with Crippen molar-refractivity contribution in [3.05, 3.63) is 28.3 Å². The number of piperidine rings is 1. The highest BCUT2D eigenvalue weighted by atomic mass is 35.5. The predicted octanol–water partition coefficient (Wildman–Crippen LogP) is 3.52. The highest BCUT2D eigenvalue weighted by Crippen LogP contribution is 2.43. The van der Waals surface area contributed by atoms with Gasteiger partial charge in [-0.25, -0.2) is 0 Å². The van der Waals surface area contributed by atoms with Crippen molar-refractivity contribution in [2.75, 3.05) is 13.1 Å². The molecule has 0 saturated carbocycles. The van der Waals surface area contributed by atoms with Gasteiger partial charge in [-0.1, -0.05) is 11.6 Å². The highest BCUT2D eigenvalue weighted by Gasteiger charge is 2.34. The number of halogens is 1. The SMILES string of the molecule is CC1(C)Cc2cc(Cl)cc(C3CCCNC3)c2O1. The summed E-state index contributed by atoms with van der Waals surface area (Å²) in [7, 11) is 0. The van der Waals surface area contributed by atoms with E-state index in [9.17, 15) is 0 Å². The number of fused-ring (bicyclic) bond motifs is 1. The molecule has 1 aromatic rings. The molecular weight excluding hydrogens is 246 g/mol. The Bertz CT molecular complexity index is 464. The van der Waals surface area contributed by atoms with Crippen molar-refractivity contribution < 1.29 is 4.74 Å². The van der Waals surface area contributed by atoms with Crippen LogP contribution in [0.25, 0.3) is 0 Å². The summed E-state index contributed by atoms with van der Waals surface area (Å²) in [4.78, 5) is 0. The average molecular weight is 266 g/mol. The second-order valence-electron chi connectivity index (χ2n) is 6.07. The Labute approximate surface area is 114 Å². The summed E-state index contributed by atoms with van der Waals surface area (Å²) in [5.41, 5.74) is 2.48. The fourth-order valence-corrected chi connectivity index (χ4v) is 3.37. The standard InChI is InChI=1S/C15H20ClNO/c1-15(2)8-11-6-12(16)7-13(14(11)18-15)10-4-3-5-17-9-10/h6-7,10,17H,3-5,8-9H2,1-2H3. The van der Waals surface area contributed by atoms with Gasteiger partial charge in [0.15, 0.2) is 0 Å². The zero-order chi connectivity index (χ0) is 12.8. The Morgan fingerprint density at radius 3 is 2.94 bits per heavy atom. The van der Waals surface area contributed by atoms with Crippen molar-refractivity contribution >= 4 is 11.6 Å². The second kappa shape index (κ2) is 4.43. The Balaban J connectivity index is 2.00. The molecule has 1 unspecified atom stereocenters. The lowest BCUT2D eigenvalue weighted by Gasteiger charge is -2.26. The smallest absolute Gasteiger partial charge is 0.127 e. The minimum Gasteiger partial charge on any atom is -0.487 e. The topological polar surface area (TPSA) is 21.3 Å². The van der Waals surface area contributed by atoms with Gasteiger partial charge in [-0.05, 0) is 50.9 Å². The van der Waals surface area contributed by atoms with Gasteiger partial charge in [0, 0.05) is 29.5 Å². The van der Waals surface area contributed by atoms with Crippen molar-refractivity contribution in [1.82, 2.24) is 5.32 Å². The van der Waals surface area contributed by atoms with Gasteiger partial charge in [0.2, 0.25) is 0 Å². The van der Waals surface area contributed by atoms with Crippen LogP contribution in [0.15, 0.2) is 12.1 Å². The summed E-state index contributed by atoms with van der Waals surface area (Å²) < 4.78 is 6.15. The maximum absolute atomic E-state index is 6.26. The molecule has 0 aliphatic carbocycles. The minimum absolute atomic E-state index is 0.0934. The number of hydrogen-bond donors (Lipinski definition) is 1. The van der Waals surface area contributed by atoms with Crippen LogP contribution in [-0.4, -0.2) is 18.7 Å². The molecule has 3 rings (SSSR count). The van der Waals surface area contributed by atoms with E-state index in [2.05, 4.69) is 31.3 Å². The lowest BCUT2D eigenvalue weighted by Crippen LogP contribution is -2.29. The molecule has 3 heteroatoms. The zero-order valence-electron chi connectivity index (χ0n) is 11.1. The van der Waals surface area contributed by atoms with E-state index in [0.717, 1.165) is 30.3 Å². The van der Waals surface area contributed by atoms with Crippen LogP contribution in [0.3, 0.4) is 0 Å². The van der Waals surface area contributed by atoms with E-state index >= 15 is 0 Å². The maximum Gasteiger partial charge on any atom is 0.127 e. The predicted molar refractivity (Wildman–Crippen MR) is 74.7 cm³/mol. The van der Waals surface area contributed by atoms with Crippen LogP contribution < -0.4 is 10.1 Å². The first-order chi connectivity index (χ1) is 8.55. The van der Waals surface area contributed by atoms with Gasteiger partial charge in [-0.3, -0.25) is 0 Å². The van der Waals surface area contributed by atoms with Gasteiger partial charge in [-0.15, -0.1) is 0 Å². The van der Waals surface area contributed by atoms with Crippen LogP contribution >= 0.6 is 11.6 Å². The quantitative estimate of drug-likeness (QED) is 0.839. The summed E-state index contributed by atoms with van der Waals surface area (Å²) in [6, 6.07) is 4.16. The molecular formula is C15H20ClNO. The van der Waals surface area contributed by atoms with Crippen molar-refractivity contribution in [1.29, 1.82) is 0 Å². The summed E-state index contributed by atoms with van der Waals surface area (Å²) in [5, 5.41) is 4.31. The number of ether oxygens (including phenoxy) is 1. The summed E-state index contributed by atoms with van der Waals surface area (Å²) >= 11 is 6.26. The Morgan fingerprint density at radius 2 is 2.22 bits per heavy atom. The fourth-order valence-electron chi connectivity index (χ4n) is 3.12. The molecule has 0 bridgehead atoms. The van der Waals surface area contributed by atoms with Crippen molar-refractivity contribution in [2.24, 2.45) is 0 Å². The lowest BCUT2D eigenvalue weighted by molar-refractivity contribution is 0.136. The van der Waals surface area contributed by atoms with E-state index in [1.807, 2.05) is 0 Å². The van der Waals surface area contributed by atoms with Crippen LogP contribution in [0.4, 0.5) is 0 Å². The number of hydrogen-bond acceptors (Lipinski definition) is 2. The van der Waals surface area contributed by atoms with Crippen LogP contribution in [0.2, 0.25) is 5.02 Å². The summed E-state index contributed by atoms with van der Waals surface area (Å²) in [6.07, 6.45) is 3.41. The molecule has 1 atom stereocenters. The molecule has 1 fully saturated rings. The van der Waals surface area contributed by atoms with E-state index in [0.29, 0.717) is 5.92 Å². The zero-order valence-corrected chi connectivity index (χ0v) is 11.8. The van der Waals surface area contributed by atoms with E-state index in [4.69, 9.17) is 16.3 Å². The van der Waals surface area contributed by atoms with Gasteiger partial charge in [0.1, 0.15) is 11.4 Å². The normalized spacial score (nSPS) is 25.6. The molecule has 98 valence electrons. The van der Waals surface area contributed by atoms with Crippen LogP contribution in [-0.2, 0) is 6.42 Å². The molecule has 18 heavy (non-hydrogen) atoms. The van der Waals surface area contributed by atoms with E-state index in [1.165, 1.54) is 24.0 Å². The molecule has 2 nitrogen and oxygen atoms in total. The van der Waals surface area contributed by atoms with Crippen LogP contribution in [0.5, 0.6) is 5.75 Å². The third-order valence-corrected chi connectivity index (χ3v) is 4.11. The third kappa shape index (κ3) is 2.24. The lowest BCUT2D eigenvalue weighted by atomic mass is 9.89. The van der Waals surface area contributed by atoms with Crippen molar-refractivity contribution in [3.63, 3.8) is 0 Å². The van der Waals surface area contributed by atoms with Gasteiger partial charge in [-0.2, -0.15) is 0 Å². The Hall–Kier alpha value is -0.730. The fraction of sp³-hybridized carbons (Fsp3) is 0.600. The first kappa shape index (κ1) is 12.3. The van der Waals surface area contributed by atoms with Gasteiger partial charge < -0.3 is 10.1 Å². The van der Waals surface area contributed by atoms with Crippen LogP contribution in [0.1, 0.15) is 43.7 Å². The minimum atomic E-state index is -0.0934. The molecule has 2 heterocycles. The molecule has 2 aliphatic heterocycles. The molecule has 1 saturated heterocycles. The molecule has 1 aromatic carbocycles. The Morgan fingerprint density at radius 1 is 1.39 bits per heavy atom. The number of rotatable bonds is 1. The molecule has 0 amide bonds. The number of benzene rings is 1. The largest absolute Gasteiger partial charge is 0.487 e. The second-order valence-corrected chi connectivity index (χ2v) is 6.50. The molecule has 0 spiro atoms. The van der Waals surface area contributed by atoms with Crippen molar-refractivity contribution in [2.45, 2.75) is 44.6 Å². The third-order valence-electron chi connectivity index (χ3n) is 3.89. The summed E-state index contributed by atoms with van der Waals surface area (Å²) in [6.45, 7) is 6.45. The van der Waals surface area contributed by atoms with Crippen LogP contribution in [0, 0.1) is 0 Å². The monoisotopic (exact) mass is 265 g/mol. The summed E-state index contributed by atoms with van der Waals surface area (Å²) in [5.74, 6) is 1.64. The molecule has 2 aliphatic rings. The average Bonchev–Trinajstić information content (AvgIpc) is 2.63. The van der Waals surface area contributed by atoms with E-state index < -0.39 is 0 Å². The Kier molecular flexibility index (Phi) is 3.03. The van der Waals surface area contributed by atoms with E-state index in [-0.39, 0.29) is 5.60 Å². The van der Waals surface area contributed by atoms with Gasteiger partial charge in [0.05, 0.1) is 0 Å². The molecule has 0 radical (unpaired) electrons. The highest BCUT2D eigenvalue weighted by molar-refractivity contribution is 6.30.